The summed E-state index contributed by atoms with van der Waals surface area (Å²) in [6, 6.07) is 63.2. The lowest BCUT2D eigenvalue weighted by molar-refractivity contribution is 0.401. The van der Waals surface area contributed by atoms with Crippen LogP contribution in [0.5, 0.6) is 11.5 Å². The molecule has 5 heteroatoms. The maximum atomic E-state index is 7.16. The number of aromatic nitrogens is 3. The summed E-state index contributed by atoms with van der Waals surface area (Å²) in [6.45, 7) is 13.6. The fraction of sp³-hybridized carbons (Fsp3) is 0.329. The summed E-state index contributed by atoms with van der Waals surface area (Å²) in [6.07, 6.45) is 22.0. The molecule has 0 amide bonds. The molecule has 0 radical (unpaired) electrons. The fourth-order valence-electron chi connectivity index (χ4n) is 12.7. The normalized spacial score (nSPS) is 12.9. The zero-order valence-corrected chi connectivity index (χ0v) is 49.1. The van der Waals surface area contributed by atoms with E-state index in [9.17, 15) is 0 Å². The second-order valence-electron chi connectivity index (χ2n) is 23.3. The third-order valence-electron chi connectivity index (χ3n) is 17.4. The van der Waals surface area contributed by atoms with Gasteiger partial charge in [-0.25, -0.2) is 15.0 Å². The van der Waals surface area contributed by atoms with E-state index in [1.54, 1.807) is 5.56 Å². The van der Waals surface area contributed by atoms with E-state index in [-0.39, 0.29) is 5.41 Å². The highest BCUT2D eigenvalue weighted by atomic mass is 16.5. The van der Waals surface area contributed by atoms with Gasteiger partial charge in [-0.1, -0.05) is 243 Å². The lowest BCUT2D eigenvalue weighted by Gasteiger charge is -2.34. The van der Waals surface area contributed by atoms with E-state index in [1.165, 1.54) is 153 Å². The number of aryl methyl sites for hydroxylation is 4. The lowest BCUT2D eigenvalue weighted by atomic mass is 9.70. The number of fused-ring (bicyclic) bond motifs is 5. The van der Waals surface area contributed by atoms with Crippen molar-refractivity contribution in [2.75, 3.05) is 4.90 Å². The van der Waals surface area contributed by atoms with Gasteiger partial charge in [0.05, 0.1) is 11.4 Å². The molecule has 0 unspecified atom stereocenters. The van der Waals surface area contributed by atoms with Gasteiger partial charge in [-0.3, -0.25) is 0 Å². The van der Waals surface area contributed by atoms with Crippen molar-refractivity contribution in [3.05, 3.63) is 203 Å². The summed E-state index contributed by atoms with van der Waals surface area (Å²) in [5.41, 5.74) is 21.8. The maximum Gasteiger partial charge on any atom is 0.164 e. The molecule has 1 aliphatic heterocycles. The summed E-state index contributed by atoms with van der Waals surface area (Å²) >= 11 is 0. The number of rotatable bonds is 24. The molecule has 2 aliphatic rings. The lowest BCUT2D eigenvalue weighted by Crippen LogP contribution is -2.25. The molecule has 81 heavy (non-hydrogen) atoms. The van der Waals surface area contributed by atoms with Crippen LogP contribution in [0.2, 0.25) is 0 Å². The monoisotopic (exact) mass is 1070 g/mol. The average Bonchev–Trinajstić information content (AvgIpc) is 3.39. The first-order chi connectivity index (χ1) is 39.7. The number of ether oxygens (including phenoxy) is 1. The minimum absolute atomic E-state index is 0.00498. The molecule has 2 heterocycles. The Balaban J connectivity index is 0.937. The van der Waals surface area contributed by atoms with Crippen molar-refractivity contribution in [3.8, 4) is 79.0 Å². The van der Waals surface area contributed by atoms with Crippen LogP contribution < -0.4 is 9.64 Å². The molecule has 0 spiro atoms. The maximum absolute atomic E-state index is 7.16. The van der Waals surface area contributed by atoms with E-state index in [2.05, 4.69) is 216 Å². The fourth-order valence-corrected chi connectivity index (χ4v) is 12.7. The Kier molecular flexibility index (Phi) is 17.4. The first kappa shape index (κ1) is 55.3. The van der Waals surface area contributed by atoms with Crippen LogP contribution in [0, 0.1) is 13.8 Å². The van der Waals surface area contributed by atoms with Gasteiger partial charge in [0, 0.05) is 27.8 Å². The molecule has 0 saturated heterocycles. The zero-order chi connectivity index (χ0) is 55.7. The molecular formula is C76H82N4O. The van der Waals surface area contributed by atoms with Crippen LogP contribution in [0.4, 0.5) is 17.1 Å². The van der Waals surface area contributed by atoms with Crippen LogP contribution in [0.3, 0.4) is 0 Å². The molecule has 0 atom stereocenters. The zero-order valence-electron chi connectivity index (χ0n) is 49.1. The van der Waals surface area contributed by atoms with E-state index in [0.717, 1.165) is 69.2 Å². The van der Waals surface area contributed by atoms with E-state index >= 15 is 0 Å². The van der Waals surface area contributed by atoms with Crippen molar-refractivity contribution >= 4 is 17.1 Å². The van der Waals surface area contributed by atoms with Crippen molar-refractivity contribution in [1.29, 1.82) is 0 Å². The Hall–Kier alpha value is -7.63. The van der Waals surface area contributed by atoms with Crippen molar-refractivity contribution in [2.24, 2.45) is 0 Å². The minimum atomic E-state index is 0.00498. The number of hydrogen-bond acceptors (Lipinski definition) is 5. The Morgan fingerprint density at radius 2 is 0.765 bits per heavy atom. The van der Waals surface area contributed by atoms with Gasteiger partial charge >= 0.3 is 0 Å². The Morgan fingerprint density at radius 3 is 1.32 bits per heavy atom. The number of benzene rings is 8. The first-order valence-electron chi connectivity index (χ1n) is 30.9. The average molecular weight is 1070 g/mol. The van der Waals surface area contributed by atoms with Gasteiger partial charge < -0.3 is 9.64 Å². The Bertz CT molecular complexity index is 3570. The molecule has 412 valence electrons. The third kappa shape index (κ3) is 12.1. The van der Waals surface area contributed by atoms with Gasteiger partial charge in [0.25, 0.3) is 0 Å². The SMILES string of the molecule is CCCCCCc1ccc(-c2nc(-c3ccc(C)cc3)nc(-c3ccc(-c4ccc5c(c4)Oc4cc(-c6ccc7c(c6)C(CCCCCC)(CCCCCC)c6cc(C)ccc6-7)ccc4N5c4ccc(CCCC)cc4)cc3)n2)cc1. The summed E-state index contributed by atoms with van der Waals surface area (Å²) in [5.74, 6) is 3.66. The number of nitrogens with zero attached hydrogens (tertiary/aromatic N) is 4. The quantitative estimate of drug-likeness (QED) is 0.0565. The van der Waals surface area contributed by atoms with Crippen molar-refractivity contribution in [2.45, 2.75) is 163 Å². The molecule has 11 rings (SSSR count). The van der Waals surface area contributed by atoms with Crippen LogP contribution in [0.1, 0.15) is 164 Å². The van der Waals surface area contributed by atoms with Gasteiger partial charge in [0.2, 0.25) is 0 Å². The van der Waals surface area contributed by atoms with E-state index < -0.39 is 0 Å². The van der Waals surface area contributed by atoms with Gasteiger partial charge in [-0.2, -0.15) is 0 Å². The van der Waals surface area contributed by atoms with Gasteiger partial charge in [-0.05, 0) is 150 Å². The Labute approximate surface area is 484 Å². The van der Waals surface area contributed by atoms with E-state index in [1.807, 2.05) is 0 Å². The van der Waals surface area contributed by atoms with Crippen LogP contribution >= 0.6 is 0 Å². The number of unbranched alkanes of at least 4 members (excludes halogenated alkanes) is 10. The van der Waals surface area contributed by atoms with Gasteiger partial charge in [0.15, 0.2) is 29.0 Å². The predicted octanol–water partition coefficient (Wildman–Crippen LogP) is 22.1. The molecule has 5 nitrogen and oxygen atoms in total. The summed E-state index contributed by atoms with van der Waals surface area (Å²) in [4.78, 5) is 17.7. The molecular weight excluding hydrogens is 985 g/mol. The van der Waals surface area contributed by atoms with Crippen LogP contribution in [-0.4, -0.2) is 15.0 Å². The smallest absolute Gasteiger partial charge is 0.164 e. The highest BCUT2D eigenvalue weighted by Gasteiger charge is 2.42. The van der Waals surface area contributed by atoms with Crippen molar-refractivity contribution < 1.29 is 4.74 Å². The predicted molar refractivity (Wildman–Crippen MR) is 341 cm³/mol. The molecule has 0 bridgehead atoms. The molecule has 1 aliphatic carbocycles. The second kappa shape index (κ2) is 25.4. The van der Waals surface area contributed by atoms with Crippen molar-refractivity contribution in [3.63, 3.8) is 0 Å². The van der Waals surface area contributed by atoms with Crippen LogP contribution in [0.25, 0.3) is 67.5 Å². The first-order valence-corrected chi connectivity index (χ1v) is 30.9. The van der Waals surface area contributed by atoms with Crippen molar-refractivity contribution in [1.82, 2.24) is 15.0 Å². The highest BCUT2D eigenvalue weighted by Crippen LogP contribution is 2.57. The second-order valence-corrected chi connectivity index (χ2v) is 23.3. The molecule has 1 aromatic heterocycles. The number of hydrogen-bond donors (Lipinski definition) is 0. The number of anilines is 3. The molecule has 9 aromatic rings. The minimum Gasteiger partial charge on any atom is -0.453 e. The van der Waals surface area contributed by atoms with Gasteiger partial charge in [0.1, 0.15) is 0 Å². The largest absolute Gasteiger partial charge is 0.453 e. The standard InChI is InChI=1S/C76H82N4O/c1-7-11-15-18-22-56-26-32-59(33-27-56)74-77-73(58-30-23-53(5)24-31-58)78-75(79-74)60-36-34-57(35-37-60)62-39-45-69-71(51-62)81-72-52-63(40-46-70(72)80(69)64-41-28-55(29-42-64)21-14-10-4)61-38-44-66-65-43-25-54(6)49-67(65)76(68(66)50-61,47-19-16-12-8-2)48-20-17-13-9-3/h23-46,49-52H,7-22,47-48H2,1-6H3. The summed E-state index contributed by atoms with van der Waals surface area (Å²) in [7, 11) is 0. The van der Waals surface area contributed by atoms with E-state index in [0.29, 0.717) is 17.5 Å². The highest BCUT2D eigenvalue weighted by molar-refractivity contribution is 5.90. The molecule has 0 N–H and O–H groups in total. The molecule has 0 fully saturated rings. The van der Waals surface area contributed by atoms with Gasteiger partial charge in [-0.15, -0.1) is 0 Å². The van der Waals surface area contributed by atoms with E-state index in [4.69, 9.17) is 19.7 Å². The molecule has 8 aromatic carbocycles. The topological polar surface area (TPSA) is 51.1 Å². The van der Waals surface area contributed by atoms with Crippen LogP contribution in [-0.2, 0) is 18.3 Å². The third-order valence-corrected chi connectivity index (χ3v) is 17.4. The molecule has 0 saturated carbocycles. The van der Waals surface area contributed by atoms with Crippen LogP contribution in [0.15, 0.2) is 170 Å². The summed E-state index contributed by atoms with van der Waals surface area (Å²) in [5, 5.41) is 0. The summed E-state index contributed by atoms with van der Waals surface area (Å²) < 4.78 is 7.16. The Morgan fingerprint density at radius 1 is 0.358 bits per heavy atom.